The molecule has 1 fully saturated rings. The van der Waals surface area contributed by atoms with Gasteiger partial charge in [0.25, 0.3) is 0 Å². The van der Waals surface area contributed by atoms with Crippen LogP contribution in [-0.4, -0.2) is 38.2 Å². The summed E-state index contributed by atoms with van der Waals surface area (Å²) in [7, 11) is 2.05. The zero-order valence-electron chi connectivity index (χ0n) is 13.8. The first-order valence-corrected chi connectivity index (χ1v) is 8.39. The van der Waals surface area contributed by atoms with Gasteiger partial charge >= 0.3 is 0 Å². The van der Waals surface area contributed by atoms with Crippen molar-refractivity contribution in [2.24, 2.45) is 5.92 Å². The molecule has 0 heterocycles. The number of nitrogens with one attached hydrogen (secondary N) is 1. The topological polar surface area (TPSA) is 24.5 Å². The predicted molar refractivity (Wildman–Crippen MR) is 88.9 cm³/mol. The van der Waals surface area contributed by atoms with E-state index in [-0.39, 0.29) is 0 Å². The fourth-order valence-corrected chi connectivity index (χ4v) is 2.90. The molecule has 1 saturated carbocycles. The van der Waals surface area contributed by atoms with E-state index in [0.717, 1.165) is 18.2 Å². The third kappa shape index (κ3) is 5.01. The molecule has 1 aliphatic rings. The number of hydrogen-bond acceptors (Lipinski definition) is 3. The van der Waals surface area contributed by atoms with Crippen LogP contribution in [0.25, 0.3) is 0 Å². The molecular formula is C18H30N2O. The molecule has 21 heavy (non-hydrogen) atoms. The fraction of sp³-hybridized carbons (Fsp3) is 0.667. The van der Waals surface area contributed by atoms with Gasteiger partial charge < -0.3 is 15.0 Å². The fourth-order valence-electron chi connectivity index (χ4n) is 2.90. The maximum Gasteiger partial charge on any atom is 0.124 e. The van der Waals surface area contributed by atoms with E-state index in [2.05, 4.69) is 48.5 Å². The summed E-state index contributed by atoms with van der Waals surface area (Å²) in [6, 6.07) is 8.75. The lowest BCUT2D eigenvalue weighted by atomic mass is 10.0. The molecule has 1 N–H and O–H groups in total. The van der Waals surface area contributed by atoms with Crippen molar-refractivity contribution in [1.82, 2.24) is 10.2 Å². The highest BCUT2D eigenvalue weighted by atomic mass is 16.5. The van der Waals surface area contributed by atoms with Gasteiger partial charge in [-0.3, -0.25) is 0 Å². The van der Waals surface area contributed by atoms with Gasteiger partial charge in [0.15, 0.2) is 0 Å². The van der Waals surface area contributed by atoms with Gasteiger partial charge in [-0.2, -0.15) is 0 Å². The zero-order valence-corrected chi connectivity index (χ0v) is 13.8. The van der Waals surface area contributed by atoms with Crippen LogP contribution in [-0.2, 0) is 0 Å². The van der Waals surface area contributed by atoms with Crippen LogP contribution in [0.15, 0.2) is 24.3 Å². The largest absolute Gasteiger partial charge is 0.494 e. The van der Waals surface area contributed by atoms with Crippen LogP contribution in [0.2, 0.25) is 0 Å². The van der Waals surface area contributed by atoms with Crippen molar-refractivity contribution in [3.05, 3.63) is 29.8 Å². The van der Waals surface area contributed by atoms with Crippen LogP contribution in [0, 0.1) is 5.92 Å². The third-order valence-corrected chi connectivity index (χ3v) is 4.14. The molecule has 1 atom stereocenters. The summed E-state index contributed by atoms with van der Waals surface area (Å²) in [5.41, 5.74) is 1.28. The van der Waals surface area contributed by atoms with Gasteiger partial charge in [-0.05, 0) is 51.8 Å². The summed E-state index contributed by atoms with van der Waals surface area (Å²) in [6.07, 6.45) is 4.05. The Balaban J connectivity index is 2.06. The van der Waals surface area contributed by atoms with Crippen LogP contribution < -0.4 is 10.1 Å². The standard InChI is InChI=1S/C18H30N2O/c1-4-12-20(13-15-10-11-15)14-17(19-3)16-8-6-7-9-18(16)21-5-2/h6-9,15,17,19H,4-5,10-14H2,1-3H3. The highest BCUT2D eigenvalue weighted by Crippen LogP contribution is 2.31. The monoisotopic (exact) mass is 290 g/mol. The molecule has 0 radical (unpaired) electrons. The van der Waals surface area contributed by atoms with Crippen molar-refractivity contribution in [3.63, 3.8) is 0 Å². The van der Waals surface area contributed by atoms with E-state index in [4.69, 9.17) is 4.74 Å². The first-order valence-electron chi connectivity index (χ1n) is 8.39. The van der Waals surface area contributed by atoms with Gasteiger partial charge in [-0.1, -0.05) is 25.1 Å². The van der Waals surface area contributed by atoms with Crippen LogP contribution in [0.4, 0.5) is 0 Å². The van der Waals surface area contributed by atoms with E-state index in [1.165, 1.54) is 37.9 Å². The highest BCUT2D eigenvalue weighted by molar-refractivity contribution is 5.36. The minimum Gasteiger partial charge on any atom is -0.494 e. The van der Waals surface area contributed by atoms with E-state index in [0.29, 0.717) is 12.6 Å². The van der Waals surface area contributed by atoms with Crippen molar-refractivity contribution in [2.75, 3.05) is 33.3 Å². The molecule has 1 aromatic carbocycles. The van der Waals surface area contributed by atoms with Crippen LogP contribution in [0.5, 0.6) is 5.75 Å². The quantitative estimate of drug-likeness (QED) is 0.714. The van der Waals surface area contributed by atoms with E-state index in [1.54, 1.807) is 0 Å². The van der Waals surface area contributed by atoms with Crippen molar-refractivity contribution >= 4 is 0 Å². The van der Waals surface area contributed by atoms with Gasteiger partial charge in [-0.15, -0.1) is 0 Å². The van der Waals surface area contributed by atoms with Crippen molar-refractivity contribution in [2.45, 2.75) is 39.2 Å². The zero-order chi connectivity index (χ0) is 15.1. The molecule has 3 heteroatoms. The molecule has 118 valence electrons. The molecule has 0 aliphatic heterocycles. The summed E-state index contributed by atoms with van der Waals surface area (Å²) in [4.78, 5) is 2.61. The first kappa shape index (κ1) is 16.3. The van der Waals surface area contributed by atoms with Gasteiger partial charge in [0.05, 0.1) is 6.61 Å². The minimum absolute atomic E-state index is 0.332. The number of para-hydroxylation sites is 1. The summed E-state index contributed by atoms with van der Waals surface area (Å²) in [5, 5.41) is 3.48. The summed E-state index contributed by atoms with van der Waals surface area (Å²) < 4.78 is 5.80. The van der Waals surface area contributed by atoms with E-state index in [1.807, 2.05) is 6.92 Å². The molecule has 0 amide bonds. The SMILES string of the molecule is CCCN(CC1CC1)CC(NC)c1ccccc1OCC. The van der Waals surface area contributed by atoms with E-state index in [9.17, 15) is 0 Å². The van der Waals surface area contributed by atoms with Gasteiger partial charge in [-0.25, -0.2) is 0 Å². The number of rotatable bonds is 10. The van der Waals surface area contributed by atoms with Crippen molar-refractivity contribution in [1.29, 1.82) is 0 Å². The lowest BCUT2D eigenvalue weighted by Crippen LogP contribution is -2.36. The van der Waals surface area contributed by atoms with Crippen molar-refractivity contribution < 1.29 is 4.74 Å². The Kier molecular flexibility index (Phi) is 6.52. The molecule has 1 aromatic rings. The second kappa shape index (κ2) is 8.40. The molecule has 1 unspecified atom stereocenters. The van der Waals surface area contributed by atoms with Gasteiger partial charge in [0, 0.05) is 24.7 Å². The Morgan fingerprint density at radius 1 is 1.29 bits per heavy atom. The molecule has 3 nitrogen and oxygen atoms in total. The molecule has 0 saturated heterocycles. The Labute approximate surface area is 129 Å². The highest BCUT2D eigenvalue weighted by Gasteiger charge is 2.26. The summed E-state index contributed by atoms with van der Waals surface area (Å²) >= 11 is 0. The number of nitrogens with zero attached hydrogens (tertiary/aromatic N) is 1. The maximum absolute atomic E-state index is 5.80. The Bertz CT molecular complexity index is 417. The predicted octanol–water partition coefficient (Wildman–Crippen LogP) is 3.47. The average molecular weight is 290 g/mol. The Morgan fingerprint density at radius 2 is 2.05 bits per heavy atom. The summed E-state index contributed by atoms with van der Waals surface area (Å²) in [5.74, 6) is 1.96. The number of hydrogen-bond donors (Lipinski definition) is 1. The van der Waals surface area contributed by atoms with Gasteiger partial charge in [0.1, 0.15) is 5.75 Å². The second-order valence-corrected chi connectivity index (χ2v) is 6.02. The van der Waals surface area contributed by atoms with Crippen LogP contribution in [0.3, 0.4) is 0 Å². The number of likely N-dealkylation sites (N-methyl/N-ethyl adjacent to an activating group) is 1. The van der Waals surface area contributed by atoms with Gasteiger partial charge in [0.2, 0.25) is 0 Å². The lowest BCUT2D eigenvalue weighted by Gasteiger charge is -2.28. The minimum atomic E-state index is 0.332. The molecule has 0 spiro atoms. The normalized spacial score (nSPS) is 16.2. The average Bonchev–Trinajstić information content (AvgIpc) is 3.30. The number of ether oxygens (including phenoxy) is 1. The first-order chi connectivity index (χ1) is 10.3. The Morgan fingerprint density at radius 3 is 2.67 bits per heavy atom. The smallest absolute Gasteiger partial charge is 0.124 e. The van der Waals surface area contributed by atoms with E-state index < -0.39 is 0 Å². The maximum atomic E-state index is 5.80. The number of benzene rings is 1. The molecular weight excluding hydrogens is 260 g/mol. The molecule has 1 aliphatic carbocycles. The van der Waals surface area contributed by atoms with Crippen molar-refractivity contribution in [3.8, 4) is 5.75 Å². The van der Waals surface area contributed by atoms with Crippen LogP contribution >= 0.6 is 0 Å². The summed E-state index contributed by atoms with van der Waals surface area (Å²) in [6.45, 7) is 8.53. The Hall–Kier alpha value is -1.06. The molecule has 0 aromatic heterocycles. The molecule has 2 rings (SSSR count). The van der Waals surface area contributed by atoms with Crippen LogP contribution in [0.1, 0.15) is 44.7 Å². The second-order valence-electron chi connectivity index (χ2n) is 6.02. The lowest BCUT2D eigenvalue weighted by molar-refractivity contribution is 0.234. The third-order valence-electron chi connectivity index (χ3n) is 4.14. The molecule has 0 bridgehead atoms. The van der Waals surface area contributed by atoms with E-state index >= 15 is 0 Å².